The normalized spacial score (nSPS) is 27.8. The fraction of sp³-hybridized carbons (Fsp3) is 0.917. The molecule has 0 bridgehead atoms. The van der Waals surface area contributed by atoms with Crippen LogP contribution < -0.4 is 5.32 Å². The molecule has 2 heterocycles. The molecule has 0 saturated carbocycles. The van der Waals surface area contributed by atoms with Crippen molar-refractivity contribution in [2.45, 2.75) is 25.4 Å². The largest absolute Gasteiger partial charge is 0.392 e. The maximum Gasteiger partial charge on any atom is 0.236 e. The van der Waals surface area contributed by atoms with E-state index in [2.05, 4.69) is 10.2 Å². The molecule has 1 amide bonds. The first-order chi connectivity index (χ1) is 8.25. The number of hydrogen-bond donors (Lipinski definition) is 2. The summed E-state index contributed by atoms with van der Waals surface area (Å²) in [5.41, 5.74) is 0. The Bertz CT molecular complexity index is 252. The third-order valence-electron chi connectivity index (χ3n) is 3.53. The Morgan fingerprint density at radius 3 is 2.94 bits per heavy atom. The van der Waals surface area contributed by atoms with Gasteiger partial charge in [0.25, 0.3) is 0 Å². The minimum absolute atomic E-state index is 0.211. The molecule has 0 aromatic heterocycles. The fourth-order valence-electron chi connectivity index (χ4n) is 2.56. The van der Waals surface area contributed by atoms with Crippen molar-refractivity contribution in [3.63, 3.8) is 0 Å². The zero-order valence-corrected chi connectivity index (χ0v) is 10.4. The highest BCUT2D eigenvalue weighted by molar-refractivity contribution is 5.78. The van der Waals surface area contributed by atoms with Crippen LogP contribution in [-0.2, 0) is 4.79 Å². The molecule has 2 aliphatic rings. The van der Waals surface area contributed by atoms with Crippen molar-refractivity contribution in [1.82, 2.24) is 15.1 Å². The van der Waals surface area contributed by atoms with Crippen LogP contribution in [0.4, 0.5) is 0 Å². The lowest BCUT2D eigenvalue weighted by molar-refractivity contribution is -0.132. The molecule has 1 atom stereocenters. The minimum atomic E-state index is -0.248. The number of nitrogens with one attached hydrogen (secondary N) is 1. The monoisotopic (exact) mass is 241 g/mol. The van der Waals surface area contributed by atoms with Crippen LogP contribution in [0.15, 0.2) is 0 Å². The van der Waals surface area contributed by atoms with E-state index in [9.17, 15) is 9.90 Å². The van der Waals surface area contributed by atoms with Crippen molar-refractivity contribution in [2.75, 3.05) is 45.8 Å². The highest BCUT2D eigenvalue weighted by Gasteiger charge is 2.22. The average molecular weight is 241 g/mol. The summed E-state index contributed by atoms with van der Waals surface area (Å²) < 4.78 is 0. The van der Waals surface area contributed by atoms with Crippen molar-refractivity contribution in [3.8, 4) is 0 Å². The van der Waals surface area contributed by atoms with Gasteiger partial charge in [-0.25, -0.2) is 0 Å². The van der Waals surface area contributed by atoms with Gasteiger partial charge in [0, 0.05) is 26.2 Å². The maximum atomic E-state index is 12.1. The van der Waals surface area contributed by atoms with Gasteiger partial charge in [0.15, 0.2) is 0 Å². The third kappa shape index (κ3) is 3.94. The Balaban J connectivity index is 1.78. The average Bonchev–Trinajstić information content (AvgIpc) is 2.57. The summed E-state index contributed by atoms with van der Waals surface area (Å²) in [5, 5.41) is 12.9. The zero-order chi connectivity index (χ0) is 12.1. The molecule has 1 unspecified atom stereocenters. The van der Waals surface area contributed by atoms with Crippen LogP contribution in [0.25, 0.3) is 0 Å². The molecule has 17 heavy (non-hydrogen) atoms. The van der Waals surface area contributed by atoms with Crippen LogP contribution in [0.3, 0.4) is 0 Å². The van der Waals surface area contributed by atoms with Crippen molar-refractivity contribution in [3.05, 3.63) is 0 Å². The number of hydrogen-bond acceptors (Lipinski definition) is 4. The van der Waals surface area contributed by atoms with E-state index in [0.29, 0.717) is 13.1 Å². The summed E-state index contributed by atoms with van der Waals surface area (Å²) in [6.45, 7) is 5.64. The lowest BCUT2D eigenvalue weighted by Crippen LogP contribution is -2.46. The molecule has 0 aromatic rings. The first-order valence-electron chi connectivity index (χ1n) is 6.64. The molecule has 2 fully saturated rings. The van der Waals surface area contributed by atoms with E-state index in [4.69, 9.17) is 0 Å². The predicted octanol–water partition coefficient (Wildman–Crippen LogP) is -0.735. The SMILES string of the molecule is O=C(CN1CCCC(O)C1)N1CCCNCC1. The number of carbonyl (C=O) groups excluding carboxylic acids is 1. The second-order valence-corrected chi connectivity index (χ2v) is 5.02. The molecule has 5 heteroatoms. The number of carbonyl (C=O) groups is 1. The van der Waals surface area contributed by atoms with Crippen molar-refractivity contribution in [1.29, 1.82) is 0 Å². The Labute approximate surface area is 103 Å². The van der Waals surface area contributed by atoms with E-state index < -0.39 is 0 Å². The number of piperidine rings is 1. The number of aliphatic hydroxyl groups is 1. The van der Waals surface area contributed by atoms with Gasteiger partial charge in [-0.1, -0.05) is 0 Å². The molecule has 2 aliphatic heterocycles. The molecule has 2 N–H and O–H groups in total. The zero-order valence-electron chi connectivity index (χ0n) is 10.4. The summed E-state index contributed by atoms with van der Waals surface area (Å²) in [4.78, 5) is 16.1. The highest BCUT2D eigenvalue weighted by Crippen LogP contribution is 2.10. The Morgan fingerprint density at radius 1 is 1.24 bits per heavy atom. The number of likely N-dealkylation sites (tertiary alicyclic amines) is 1. The van der Waals surface area contributed by atoms with Crippen LogP contribution in [0.1, 0.15) is 19.3 Å². The van der Waals surface area contributed by atoms with E-state index in [1.54, 1.807) is 0 Å². The molecule has 98 valence electrons. The number of aliphatic hydroxyl groups excluding tert-OH is 1. The Kier molecular flexibility index (Phi) is 4.76. The van der Waals surface area contributed by atoms with Gasteiger partial charge < -0.3 is 15.3 Å². The smallest absolute Gasteiger partial charge is 0.236 e. The lowest BCUT2D eigenvalue weighted by atomic mass is 10.1. The summed E-state index contributed by atoms with van der Waals surface area (Å²) in [5.74, 6) is 0.211. The summed E-state index contributed by atoms with van der Waals surface area (Å²) in [6.07, 6.45) is 2.66. The van der Waals surface area contributed by atoms with Gasteiger partial charge in [0.05, 0.1) is 12.6 Å². The topological polar surface area (TPSA) is 55.8 Å². The number of β-amino-alcohol motifs (C(OH)–C–C–N with tert-alkyl or cyclic N) is 1. The molecule has 0 aliphatic carbocycles. The van der Waals surface area contributed by atoms with Crippen LogP contribution in [0.5, 0.6) is 0 Å². The third-order valence-corrected chi connectivity index (χ3v) is 3.53. The van der Waals surface area contributed by atoms with Gasteiger partial charge in [-0.15, -0.1) is 0 Å². The molecule has 2 saturated heterocycles. The molecule has 0 spiro atoms. The first-order valence-corrected chi connectivity index (χ1v) is 6.64. The van der Waals surface area contributed by atoms with Crippen LogP contribution in [-0.4, -0.2) is 72.7 Å². The van der Waals surface area contributed by atoms with Crippen molar-refractivity contribution >= 4 is 5.91 Å². The van der Waals surface area contributed by atoms with Gasteiger partial charge in [-0.3, -0.25) is 9.69 Å². The number of amides is 1. The van der Waals surface area contributed by atoms with Gasteiger partial charge in [0.1, 0.15) is 0 Å². The van der Waals surface area contributed by atoms with Crippen molar-refractivity contribution in [2.24, 2.45) is 0 Å². The maximum absolute atomic E-state index is 12.1. The van der Waals surface area contributed by atoms with Gasteiger partial charge in [-0.2, -0.15) is 0 Å². The molecule has 2 rings (SSSR count). The fourth-order valence-corrected chi connectivity index (χ4v) is 2.56. The van der Waals surface area contributed by atoms with Gasteiger partial charge in [-0.05, 0) is 32.4 Å². The summed E-state index contributed by atoms with van der Waals surface area (Å²) >= 11 is 0. The quantitative estimate of drug-likeness (QED) is 0.669. The van der Waals surface area contributed by atoms with Crippen LogP contribution >= 0.6 is 0 Å². The second-order valence-electron chi connectivity index (χ2n) is 5.02. The van der Waals surface area contributed by atoms with E-state index in [1.807, 2.05) is 4.90 Å². The molecular weight excluding hydrogens is 218 g/mol. The highest BCUT2D eigenvalue weighted by atomic mass is 16.3. The molecule has 0 radical (unpaired) electrons. The van der Waals surface area contributed by atoms with Crippen LogP contribution in [0, 0.1) is 0 Å². The lowest BCUT2D eigenvalue weighted by Gasteiger charge is -2.31. The van der Waals surface area contributed by atoms with E-state index in [1.165, 1.54) is 0 Å². The van der Waals surface area contributed by atoms with E-state index >= 15 is 0 Å². The first kappa shape index (κ1) is 12.8. The minimum Gasteiger partial charge on any atom is -0.392 e. The molecule has 5 nitrogen and oxygen atoms in total. The Morgan fingerprint density at radius 2 is 2.12 bits per heavy atom. The van der Waals surface area contributed by atoms with Crippen molar-refractivity contribution < 1.29 is 9.90 Å². The van der Waals surface area contributed by atoms with Crippen LogP contribution in [0.2, 0.25) is 0 Å². The second kappa shape index (κ2) is 6.33. The number of nitrogens with zero attached hydrogens (tertiary/aromatic N) is 2. The van der Waals surface area contributed by atoms with Gasteiger partial charge in [0.2, 0.25) is 5.91 Å². The summed E-state index contributed by atoms with van der Waals surface area (Å²) in [7, 11) is 0. The summed E-state index contributed by atoms with van der Waals surface area (Å²) in [6, 6.07) is 0. The standard InChI is InChI=1S/C12H23N3O2/c16-11-3-1-6-14(9-11)10-12(17)15-7-2-4-13-5-8-15/h11,13,16H,1-10H2. The predicted molar refractivity (Wildman–Crippen MR) is 65.7 cm³/mol. The van der Waals surface area contributed by atoms with Gasteiger partial charge >= 0.3 is 0 Å². The Hall–Kier alpha value is -0.650. The number of rotatable bonds is 2. The molecular formula is C12H23N3O2. The van der Waals surface area contributed by atoms with E-state index in [0.717, 1.165) is 52.0 Å². The molecule has 0 aromatic carbocycles. The van der Waals surface area contributed by atoms with E-state index in [-0.39, 0.29) is 12.0 Å².